The average molecular weight is 382 g/mol. The fourth-order valence-corrected chi connectivity index (χ4v) is 4.69. The number of rotatable bonds is 3. The van der Waals surface area contributed by atoms with E-state index in [-0.39, 0.29) is 5.91 Å². The van der Waals surface area contributed by atoms with Gasteiger partial charge in [-0.1, -0.05) is 12.8 Å². The van der Waals surface area contributed by atoms with Gasteiger partial charge in [0.2, 0.25) is 0 Å². The fourth-order valence-electron chi connectivity index (χ4n) is 4.08. The number of benzene rings is 1. The molecular formula is C18H24BrNO3. The lowest BCUT2D eigenvalue weighted by Gasteiger charge is -2.44. The molecule has 1 aromatic carbocycles. The minimum atomic E-state index is 0.0676. The van der Waals surface area contributed by atoms with Crippen LogP contribution in [0, 0.1) is 5.92 Å². The molecule has 3 rings (SSSR count). The molecule has 1 aromatic rings. The molecule has 1 saturated carbocycles. The number of ether oxygens (including phenoxy) is 2. The predicted molar refractivity (Wildman–Crippen MR) is 93.3 cm³/mol. The molecule has 4 nitrogen and oxygen atoms in total. The molecule has 23 heavy (non-hydrogen) atoms. The lowest BCUT2D eigenvalue weighted by Crippen LogP contribution is -2.49. The van der Waals surface area contributed by atoms with E-state index in [1.54, 1.807) is 20.3 Å². The summed E-state index contributed by atoms with van der Waals surface area (Å²) in [6.45, 7) is 0.845. The van der Waals surface area contributed by atoms with Crippen molar-refractivity contribution in [2.75, 3.05) is 20.8 Å². The Morgan fingerprint density at radius 2 is 1.87 bits per heavy atom. The molecule has 126 valence electrons. The molecule has 2 fully saturated rings. The molecule has 0 aromatic heterocycles. The summed E-state index contributed by atoms with van der Waals surface area (Å²) in [6.07, 6.45) is 7.27. The Balaban J connectivity index is 1.94. The van der Waals surface area contributed by atoms with Crippen LogP contribution in [0.4, 0.5) is 0 Å². The molecule has 5 heteroatoms. The van der Waals surface area contributed by atoms with Crippen molar-refractivity contribution in [1.29, 1.82) is 0 Å². The molecule has 0 radical (unpaired) electrons. The molecule has 2 unspecified atom stereocenters. The van der Waals surface area contributed by atoms with E-state index in [1.165, 1.54) is 25.7 Å². The number of carbonyl (C=O) groups is 1. The van der Waals surface area contributed by atoms with Crippen LogP contribution in [0.25, 0.3) is 0 Å². The van der Waals surface area contributed by atoms with Crippen LogP contribution in [0.2, 0.25) is 0 Å². The molecule has 1 heterocycles. The zero-order valence-electron chi connectivity index (χ0n) is 13.8. The summed E-state index contributed by atoms with van der Waals surface area (Å²) in [4.78, 5) is 15.3. The molecule has 2 aliphatic rings. The Morgan fingerprint density at radius 1 is 1.13 bits per heavy atom. The van der Waals surface area contributed by atoms with Crippen LogP contribution in [0.15, 0.2) is 16.6 Å². The highest BCUT2D eigenvalue weighted by molar-refractivity contribution is 9.10. The van der Waals surface area contributed by atoms with E-state index in [1.807, 2.05) is 6.07 Å². The van der Waals surface area contributed by atoms with Gasteiger partial charge in [0.25, 0.3) is 5.91 Å². The van der Waals surface area contributed by atoms with E-state index in [9.17, 15) is 4.79 Å². The van der Waals surface area contributed by atoms with Crippen molar-refractivity contribution in [3.05, 3.63) is 22.2 Å². The van der Waals surface area contributed by atoms with Crippen molar-refractivity contribution in [3.8, 4) is 11.5 Å². The summed E-state index contributed by atoms with van der Waals surface area (Å²) in [5, 5.41) is 0. The molecule has 0 spiro atoms. The van der Waals surface area contributed by atoms with Crippen molar-refractivity contribution in [3.63, 3.8) is 0 Å². The smallest absolute Gasteiger partial charge is 0.258 e. The van der Waals surface area contributed by atoms with Crippen LogP contribution < -0.4 is 9.47 Å². The van der Waals surface area contributed by atoms with Gasteiger partial charge in [-0.05, 0) is 59.7 Å². The number of hydrogen-bond acceptors (Lipinski definition) is 3. The molecule has 0 N–H and O–H groups in total. The van der Waals surface area contributed by atoms with Crippen molar-refractivity contribution in [2.45, 2.75) is 44.6 Å². The van der Waals surface area contributed by atoms with Gasteiger partial charge in [-0.2, -0.15) is 0 Å². The van der Waals surface area contributed by atoms with Crippen LogP contribution in [0.1, 0.15) is 48.9 Å². The highest BCUT2D eigenvalue weighted by atomic mass is 79.9. The number of piperidine rings is 1. The summed E-state index contributed by atoms with van der Waals surface area (Å²) >= 11 is 3.48. The van der Waals surface area contributed by atoms with Gasteiger partial charge in [-0.25, -0.2) is 0 Å². The summed E-state index contributed by atoms with van der Waals surface area (Å²) in [5.74, 6) is 1.99. The van der Waals surface area contributed by atoms with Crippen molar-refractivity contribution in [2.24, 2.45) is 5.92 Å². The van der Waals surface area contributed by atoms with Gasteiger partial charge in [-0.15, -0.1) is 0 Å². The molecule has 1 aliphatic heterocycles. The first kappa shape index (κ1) is 16.6. The summed E-state index contributed by atoms with van der Waals surface area (Å²) in [7, 11) is 3.21. The summed E-state index contributed by atoms with van der Waals surface area (Å²) in [5.41, 5.74) is 0.588. The Morgan fingerprint density at radius 3 is 2.61 bits per heavy atom. The lowest BCUT2D eigenvalue weighted by molar-refractivity contribution is 0.0387. The highest BCUT2D eigenvalue weighted by Crippen LogP contribution is 2.39. The highest BCUT2D eigenvalue weighted by Gasteiger charge is 2.37. The third-order valence-electron chi connectivity index (χ3n) is 5.19. The second-order valence-electron chi connectivity index (χ2n) is 6.44. The van der Waals surface area contributed by atoms with Gasteiger partial charge < -0.3 is 14.4 Å². The largest absolute Gasteiger partial charge is 0.497 e. The van der Waals surface area contributed by atoms with Gasteiger partial charge in [0, 0.05) is 12.6 Å². The number of amides is 1. The quantitative estimate of drug-likeness (QED) is 0.784. The van der Waals surface area contributed by atoms with Crippen LogP contribution in [-0.4, -0.2) is 37.6 Å². The molecule has 0 bridgehead atoms. The van der Waals surface area contributed by atoms with E-state index < -0.39 is 0 Å². The number of halogens is 1. The lowest BCUT2D eigenvalue weighted by atomic mass is 9.78. The normalized spacial score (nSPS) is 24.0. The second-order valence-corrected chi connectivity index (χ2v) is 7.30. The van der Waals surface area contributed by atoms with Gasteiger partial charge in [0.15, 0.2) is 0 Å². The average Bonchev–Trinajstić information content (AvgIpc) is 2.59. The molecule has 1 aliphatic carbocycles. The molecule has 2 atom stereocenters. The SMILES string of the molecule is COc1cc(Br)c(OC)c(C(=O)N2CCCC3CCCCC32)c1. The van der Waals surface area contributed by atoms with Gasteiger partial charge >= 0.3 is 0 Å². The number of methoxy groups -OCH3 is 2. The Labute approximate surface area is 146 Å². The van der Waals surface area contributed by atoms with Crippen molar-refractivity contribution in [1.82, 2.24) is 4.90 Å². The summed E-state index contributed by atoms with van der Waals surface area (Å²) < 4.78 is 11.5. The third-order valence-corrected chi connectivity index (χ3v) is 5.78. The van der Waals surface area contributed by atoms with Crippen LogP contribution in [-0.2, 0) is 0 Å². The topological polar surface area (TPSA) is 38.8 Å². The maximum absolute atomic E-state index is 13.2. The zero-order valence-corrected chi connectivity index (χ0v) is 15.4. The fraction of sp³-hybridized carbons (Fsp3) is 0.611. The molecular weight excluding hydrogens is 358 g/mol. The zero-order chi connectivity index (χ0) is 16.4. The Hall–Kier alpha value is -1.23. The number of likely N-dealkylation sites (tertiary alicyclic amines) is 1. The van der Waals surface area contributed by atoms with Gasteiger partial charge in [0.05, 0.1) is 24.3 Å². The second kappa shape index (κ2) is 7.12. The van der Waals surface area contributed by atoms with E-state index in [0.717, 1.165) is 23.9 Å². The Bertz CT molecular complexity index is 588. The van der Waals surface area contributed by atoms with E-state index >= 15 is 0 Å². The number of nitrogens with zero attached hydrogens (tertiary/aromatic N) is 1. The minimum Gasteiger partial charge on any atom is -0.497 e. The number of fused-ring (bicyclic) bond motifs is 1. The van der Waals surface area contributed by atoms with Crippen LogP contribution >= 0.6 is 15.9 Å². The van der Waals surface area contributed by atoms with Gasteiger partial charge in [0.1, 0.15) is 11.5 Å². The van der Waals surface area contributed by atoms with Crippen molar-refractivity contribution < 1.29 is 14.3 Å². The van der Waals surface area contributed by atoms with E-state index in [0.29, 0.717) is 29.0 Å². The third kappa shape index (κ3) is 3.21. The monoisotopic (exact) mass is 381 g/mol. The molecule has 1 saturated heterocycles. The van der Waals surface area contributed by atoms with Crippen LogP contribution in [0.3, 0.4) is 0 Å². The first-order valence-corrected chi connectivity index (χ1v) is 9.17. The predicted octanol–water partition coefficient (Wildman–Crippen LogP) is 4.26. The maximum atomic E-state index is 13.2. The van der Waals surface area contributed by atoms with Crippen molar-refractivity contribution >= 4 is 21.8 Å². The van der Waals surface area contributed by atoms with E-state index in [4.69, 9.17) is 9.47 Å². The first-order valence-electron chi connectivity index (χ1n) is 8.38. The minimum absolute atomic E-state index is 0.0676. The number of hydrogen-bond donors (Lipinski definition) is 0. The summed E-state index contributed by atoms with van der Waals surface area (Å²) in [6, 6.07) is 4.01. The number of carbonyl (C=O) groups excluding carboxylic acids is 1. The van der Waals surface area contributed by atoms with E-state index in [2.05, 4.69) is 20.8 Å². The maximum Gasteiger partial charge on any atom is 0.258 e. The van der Waals surface area contributed by atoms with Crippen LogP contribution in [0.5, 0.6) is 11.5 Å². The molecule has 1 amide bonds. The standard InChI is InChI=1S/C18H24BrNO3/c1-22-13-10-14(17(23-2)15(19)11-13)18(21)20-9-5-7-12-6-3-4-8-16(12)20/h10-12,16H,3-9H2,1-2H3. The Kier molecular flexibility index (Phi) is 5.14. The van der Waals surface area contributed by atoms with Gasteiger partial charge in [-0.3, -0.25) is 4.79 Å². The first-order chi connectivity index (χ1) is 11.2.